The Labute approximate surface area is 169 Å². The summed E-state index contributed by atoms with van der Waals surface area (Å²) in [5.41, 5.74) is 0.975. The van der Waals surface area contributed by atoms with E-state index in [4.69, 9.17) is 4.74 Å². The number of rotatable bonds is 1. The molecular weight excluding hydrogens is 336 g/mol. The fraction of sp³-hybridized carbons (Fsp3) is 0.957. The summed E-state index contributed by atoms with van der Waals surface area (Å²) in [4.78, 5) is 15.1. The average molecular weight is 383 g/mol. The van der Waals surface area contributed by atoms with Gasteiger partial charge in [0.2, 0.25) is 5.91 Å². The minimum atomic E-state index is 0.0509. The third kappa shape index (κ3) is 7.73. The van der Waals surface area contributed by atoms with E-state index < -0.39 is 0 Å². The normalized spacial score (nSPS) is 21.9. The van der Waals surface area contributed by atoms with Gasteiger partial charge in [0.05, 0.1) is 6.10 Å². The third-order valence-electron chi connectivity index (χ3n) is 6.12. The van der Waals surface area contributed by atoms with Crippen molar-refractivity contribution >= 4 is 5.91 Å². The van der Waals surface area contributed by atoms with Gasteiger partial charge in [0.15, 0.2) is 0 Å². The Morgan fingerprint density at radius 2 is 1.41 bits per heavy atom. The van der Waals surface area contributed by atoms with Crippen LogP contribution in [0.1, 0.15) is 88.0 Å². The Hall–Kier alpha value is -0.610. The van der Waals surface area contributed by atoms with E-state index in [1.807, 2.05) is 4.90 Å². The van der Waals surface area contributed by atoms with Gasteiger partial charge in [0.25, 0.3) is 0 Å². The van der Waals surface area contributed by atoms with E-state index in [0.29, 0.717) is 23.0 Å². The fourth-order valence-corrected chi connectivity index (χ4v) is 3.43. The van der Waals surface area contributed by atoms with E-state index >= 15 is 0 Å². The van der Waals surface area contributed by atoms with Crippen molar-refractivity contribution in [2.45, 2.75) is 105 Å². The smallest absolute Gasteiger partial charge is 0.224 e. The van der Waals surface area contributed by atoms with Gasteiger partial charge in [-0.1, -0.05) is 27.2 Å². The number of likely N-dealkylation sites (tertiary alicyclic amines) is 2. The molecule has 0 bridgehead atoms. The SMILES string of the molecule is CC(C)(C)C1CCC1.CC(C)(C)N1CCC1=O.COC1CN(C(C)(C)C)C1. The van der Waals surface area contributed by atoms with Crippen molar-refractivity contribution in [3.05, 3.63) is 0 Å². The second-order valence-electron chi connectivity index (χ2n) is 11.4. The van der Waals surface area contributed by atoms with Crippen LogP contribution in [-0.2, 0) is 9.53 Å². The Balaban J connectivity index is 0.000000204. The average Bonchev–Trinajstić information content (AvgIpc) is 2.29. The summed E-state index contributed by atoms with van der Waals surface area (Å²) in [7, 11) is 1.78. The van der Waals surface area contributed by atoms with Gasteiger partial charge in [-0.15, -0.1) is 0 Å². The predicted molar refractivity (Wildman–Crippen MR) is 115 cm³/mol. The van der Waals surface area contributed by atoms with Crippen molar-refractivity contribution in [1.29, 1.82) is 0 Å². The van der Waals surface area contributed by atoms with Gasteiger partial charge in [-0.3, -0.25) is 9.69 Å². The van der Waals surface area contributed by atoms with E-state index in [-0.39, 0.29) is 5.54 Å². The number of hydrogen-bond acceptors (Lipinski definition) is 3. The van der Waals surface area contributed by atoms with Gasteiger partial charge >= 0.3 is 0 Å². The van der Waals surface area contributed by atoms with Crippen LogP contribution in [0.15, 0.2) is 0 Å². The lowest BCUT2D eigenvalue weighted by atomic mass is 9.69. The van der Waals surface area contributed by atoms with E-state index in [9.17, 15) is 4.79 Å². The first-order valence-corrected chi connectivity index (χ1v) is 10.7. The standard InChI is InChI=1S/C8H17NO.C8H16.C7H13NO/c1-8(2,3)9-5-7(6-9)10-4;1-8(2,3)7-5-4-6-7;1-7(2,3)8-5-4-6(8)9/h7H,5-6H2,1-4H3;7H,4-6H2,1-3H3;4-5H2,1-3H3. The number of β-lactam (4-membered cyclic amide) rings is 1. The second kappa shape index (κ2) is 9.26. The van der Waals surface area contributed by atoms with Crippen LogP contribution in [0.5, 0.6) is 0 Å². The summed E-state index contributed by atoms with van der Waals surface area (Å²) in [6, 6.07) is 0. The molecule has 0 radical (unpaired) electrons. The summed E-state index contributed by atoms with van der Waals surface area (Å²) in [6.45, 7) is 23.1. The van der Waals surface area contributed by atoms with Crippen LogP contribution in [0.25, 0.3) is 0 Å². The molecule has 3 rings (SSSR count). The highest BCUT2D eigenvalue weighted by molar-refractivity contribution is 5.82. The number of nitrogens with zero attached hydrogens (tertiary/aromatic N) is 2. The molecule has 1 amide bonds. The Morgan fingerprint density at radius 3 is 1.52 bits per heavy atom. The van der Waals surface area contributed by atoms with Gasteiger partial charge in [-0.25, -0.2) is 0 Å². The minimum absolute atomic E-state index is 0.0509. The van der Waals surface area contributed by atoms with Crippen molar-refractivity contribution in [3.8, 4) is 0 Å². The van der Waals surface area contributed by atoms with Gasteiger partial charge in [-0.2, -0.15) is 0 Å². The number of ether oxygens (including phenoxy) is 1. The molecule has 0 spiro atoms. The number of amides is 1. The highest BCUT2D eigenvalue weighted by Gasteiger charge is 2.34. The fourth-order valence-electron chi connectivity index (χ4n) is 3.43. The molecule has 4 heteroatoms. The lowest BCUT2D eigenvalue weighted by molar-refractivity contribution is -0.146. The summed E-state index contributed by atoms with van der Waals surface area (Å²) >= 11 is 0. The molecule has 1 saturated carbocycles. The van der Waals surface area contributed by atoms with Crippen LogP contribution in [0.2, 0.25) is 0 Å². The molecule has 2 saturated heterocycles. The maximum atomic E-state index is 10.8. The Morgan fingerprint density at radius 1 is 0.889 bits per heavy atom. The highest BCUT2D eigenvalue weighted by atomic mass is 16.5. The second-order valence-corrected chi connectivity index (χ2v) is 11.4. The molecule has 160 valence electrons. The van der Waals surface area contributed by atoms with Crippen LogP contribution in [0, 0.1) is 11.3 Å². The lowest BCUT2D eigenvalue weighted by Gasteiger charge is -2.46. The topological polar surface area (TPSA) is 32.8 Å². The van der Waals surface area contributed by atoms with Crippen LogP contribution in [0.4, 0.5) is 0 Å². The highest BCUT2D eigenvalue weighted by Crippen LogP contribution is 2.40. The summed E-state index contributed by atoms with van der Waals surface area (Å²) < 4.78 is 5.17. The Kier molecular flexibility index (Phi) is 8.38. The van der Waals surface area contributed by atoms with Gasteiger partial charge in [0.1, 0.15) is 0 Å². The van der Waals surface area contributed by atoms with E-state index in [2.05, 4.69) is 67.2 Å². The molecule has 0 aromatic heterocycles. The molecule has 27 heavy (non-hydrogen) atoms. The van der Waals surface area contributed by atoms with Crippen molar-refractivity contribution in [3.63, 3.8) is 0 Å². The van der Waals surface area contributed by atoms with E-state index in [1.165, 1.54) is 19.3 Å². The summed E-state index contributed by atoms with van der Waals surface area (Å²) in [5, 5.41) is 0. The molecule has 0 N–H and O–H groups in total. The Bertz CT molecular complexity index is 458. The lowest BCUT2D eigenvalue weighted by Crippen LogP contribution is -2.59. The number of hydrogen-bond donors (Lipinski definition) is 0. The van der Waals surface area contributed by atoms with E-state index in [0.717, 1.165) is 32.0 Å². The van der Waals surface area contributed by atoms with Crippen molar-refractivity contribution in [2.75, 3.05) is 26.7 Å². The molecule has 0 aromatic carbocycles. The molecule has 1 aliphatic carbocycles. The first-order valence-electron chi connectivity index (χ1n) is 10.7. The molecular formula is C23H46N2O2. The maximum Gasteiger partial charge on any atom is 0.224 e. The van der Waals surface area contributed by atoms with Crippen LogP contribution >= 0.6 is 0 Å². The summed E-state index contributed by atoms with van der Waals surface area (Å²) in [5.74, 6) is 1.32. The monoisotopic (exact) mass is 382 g/mol. The molecule has 0 aromatic rings. The third-order valence-corrected chi connectivity index (χ3v) is 6.12. The minimum Gasteiger partial charge on any atom is -0.379 e. The predicted octanol–water partition coefficient (Wildman–Crippen LogP) is 4.97. The number of methoxy groups -OCH3 is 1. The largest absolute Gasteiger partial charge is 0.379 e. The molecule has 4 nitrogen and oxygen atoms in total. The zero-order valence-electron chi connectivity index (χ0n) is 19.8. The van der Waals surface area contributed by atoms with Crippen molar-refractivity contribution in [2.24, 2.45) is 11.3 Å². The van der Waals surface area contributed by atoms with Gasteiger partial charge in [-0.05, 0) is 65.7 Å². The summed E-state index contributed by atoms with van der Waals surface area (Å²) in [6.07, 6.45) is 5.66. The van der Waals surface area contributed by atoms with Crippen LogP contribution in [-0.4, -0.2) is 59.6 Å². The molecule has 3 aliphatic rings. The first-order chi connectivity index (χ1) is 12.2. The van der Waals surface area contributed by atoms with Gasteiger partial charge < -0.3 is 9.64 Å². The van der Waals surface area contributed by atoms with Crippen LogP contribution in [0.3, 0.4) is 0 Å². The van der Waals surface area contributed by atoms with E-state index in [1.54, 1.807) is 7.11 Å². The molecule has 0 unspecified atom stereocenters. The zero-order chi connectivity index (χ0) is 21.0. The first kappa shape index (κ1) is 24.4. The van der Waals surface area contributed by atoms with Crippen LogP contribution < -0.4 is 0 Å². The molecule has 2 aliphatic heterocycles. The molecule has 0 atom stereocenters. The number of carbonyl (C=O) groups excluding carboxylic acids is 1. The van der Waals surface area contributed by atoms with Gasteiger partial charge in [0, 0.05) is 44.2 Å². The molecule has 2 heterocycles. The zero-order valence-corrected chi connectivity index (χ0v) is 19.8. The van der Waals surface area contributed by atoms with Crippen molar-refractivity contribution in [1.82, 2.24) is 9.80 Å². The number of carbonyl (C=O) groups is 1. The van der Waals surface area contributed by atoms with Crippen molar-refractivity contribution < 1.29 is 9.53 Å². The maximum absolute atomic E-state index is 10.8. The quantitative estimate of drug-likeness (QED) is 0.601. The molecule has 3 fully saturated rings.